The molecule has 0 aliphatic rings. The molecule has 0 spiro atoms. The van der Waals surface area contributed by atoms with Gasteiger partial charge in [0.05, 0.1) is 0 Å². The second-order valence-electron chi connectivity index (χ2n) is 2.41. The molecule has 0 amide bonds. The van der Waals surface area contributed by atoms with Gasteiger partial charge in [0.15, 0.2) is 0 Å². The van der Waals surface area contributed by atoms with Gasteiger partial charge in [-0.3, -0.25) is 0 Å². The molecule has 0 aliphatic heterocycles. The molecular formula is C7H15NS2Zn. The second kappa shape index (κ2) is 7.66. The monoisotopic (exact) mass is 241 g/mol. The fraction of sp³-hybridized carbons (Fsp3) is 0.857. The quantitative estimate of drug-likeness (QED) is 0.450. The number of rotatable bonds is 4. The number of hydrogen-bond acceptors (Lipinski definition) is 0. The molecule has 0 aliphatic carbocycles. The van der Waals surface area contributed by atoms with Crippen LogP contribution < -0.4 is 0 Å². The predicted molar refractivity (Wildman–Crippen MR) is 53.7 cm³/mol. The average Bonchev–Trinajstić information content (AvgIpc) is 2.03. The summed E-state index contributed by atoms with van der Waals surface area (Å²) >= 11 is 5.67. The van der Waals surface area contributed by atoms with Crippen molar-refractivity contribution in [2.75, 3.05) is 13.1 Å². The molecule has 0 rings (SSSR count). The second-order valence-corrected chi connectivity index (χ2v) is 5.63. The Bertz CT molecular complexity index is 149. The van der Waals surface area contributed by atoms with E-state index in [-0.39, 0.29) is 0 Å². The molecule has 0 aromatic rings. The van der Waals surface area contributed by atoms with Gasteiger partial charge in [-0.25, -0.2) is 0 Å². The standard InChI is InChI=1S/C7H15NS2.Zn/c1-3-5-8(6-4-2)7(9)10;/h3-6H2,1-2H3,(H,9,10);. The Balaban J connectivity index is 3.97. The zero-order chi connectivity index (χ0) is 8.69. The molecule has 0 saturated carbocycles. The van der Waals surface area contributed by atoms with Crippen molar-refractivity contribution in [3.8, 4) is 0 Å². The van der Waals surface area contributed by atoms with Crippen molar-refractivity contribution in [3.63, 3.8) is 0 Å². The van der Waals surface area contributed by atoms with Crippen LogP contribution in [-0.4, -0.2) is 22.3 Å². The van der Waals surface area contributed by atoms with Crippen LogP contribution in [0.2, 0.25) is 0 Å². The summed E-state index contributed by atoms with van der Waals surface area (Å²) in [6.45, 7) is 6.72. The Morgan fingerprint density at radius 2 is 1.82 bits per heavy atom. The van der Waals surface area contributed by atoms with Crippen molar-refractivity contribution in [1.29, 1.82) is 0 Å². The average molecular weight is 243 g/mol. The molecule has 0 atom stereocenters. The van der Waals surface area contributed by atoms with Gasteiger partial charge >= 0.3 is 87.0 Å². The Kier molecular flexibility index (Phi) is 8.37. The van der Waals surface area contributed by atoms with E-state index in [1.165, 1.54) is 33.7 Å². The molecule has 0 aromatic carbocycles. The van der Waals surface area contributed by atoms with Crippen LogP contribution in [0.4, 0.5) is 0 Å². The van der Waals surface area contributed by atoms with Gasteiger partial charge in [0.1, 0.15) is 0 Å². The molecule has 1 nitrogen and oxygen atoms in total. The van der Waals surface area contributed by atoms with Crippen LogP contribution in [0.25, 0.3) is 0 Å². The fourth-order valence-corrected chi connectivity index (χ4v) is 2.65. The van der Waals surface area contributed by atoms with E-state index in [1.807, 2.05) is 8.84 Å². The summed E-state index contributed by atoms with van der Waals surface area (Å²) < 4.78 is 1.20. The molecular weight excluding hydrogens is 228 g/mol. The Morgan fingerprint density at radius 1 is 1.36 bits per heavy atom. The van der Waals surface area contributed by atoms with E-state index in [0.717, 1.165) is 13.1 Å². The van der Waals surface area contributed by atoms with Gasteiger partial charge in [0, 0.05) is 0 Å². The predicted octanol–water partition coefficient (Wildman–Crippen LogP) is 2.32. The molecule has 0 radical (unpaired) electrons. The summed E-state index contributed by atoms with van der Waals surface area (Å²) in [6.07, 6.45) is 2.43. The third-order valence-corrected chi connectivity index (χ3v) is 5.82. The minimum atomic E-state index is 1.15. The van der Waals surface area contributed by atoms with E-state index < -0.39 is 0 Å². The van der Waals surface area contributed by atoms with Gasteiger partial charge < -0.3 is 0 Å². The Hall–Kier alpha value is 1.02. The third-order valence-electron chi connectivity index (χ3n) is 1.39. The van der Waals surface area contributed by atoms with E-state index >= 15 is 0 Å². The molecule has 0 unspecified atom stereocenters. The van der Waals surface area contributed by atoms with Crippen molar-refractivity contribution in [1.82, 2.24) is 4.90 Å². The zero-order valence-corrected chi connectivity index (χ0v) is 12.0. The van der Waals surface area contributed by atoms with Gasteiger partial charge in [-0.15, -0.1) is 0 Å². The SMILES string of the molecule is CCCN(CCC)C(S)=[S]=[Zn]. The van der Waals surface area contributed by atoms with Crippen LogP contribution in [0.5, 0.6) is 0 Å². The molecule has 0 bridgehead atoms. The molecule has 0 N–H and O–H groups in total. The molecule has 62 valence electrons. The van der Waals surface area contributed by atoms with Gasteiger partial charge in [-0.05, 0) is 0 Å². The first kappa shape index (κ1) is 12.0. The molecule has 0 aromatic heterocycles. The molecule has 0 saturated heterocycles. The van der Waals surface area contributed by atoms with Crippen LogP contribution >= 0.6 is 21.5 Å². The van der Waals surface area contributed by atoms with Crippen molar-refractivity contribution >= 4 is 25.8 Å². The third kappa shape index (κ3) is 5.29. The van der Waals surface area contributed by atoms with Crippen LogP contribution in [0, 0.1) is 0 Å². The Morgan fingerprint density at radius 3 is 2.09 bits per heavy atom. The summed E-state index contributed by atoms with van der Waals surface area (Å²) in [5.41, 5.74) is 0. The first-order valence-electron chi connectivity index (χ1n) is 3.99. The normalized spacial score (nSPS) is 10.4. The van der Waals surface area contributed by atoms with Crippen LogP contribution in [0.3, 0.4) is 0 Å². The molecule has 11 heavy (non-hydrogen) atoms. The first-order chi connectivity index (χ1) is 5.26. The van der Waals surface area contributed by atoms with Gasteiger partial charge in [0.2, 0.25) is 0 Å². The number of hydrogen-bond donors (Lipinski definition) is 1. The summed E-state index contributed by atoms with van der Waals surface area (Å²) in [5, 5.41) is 0. The molecule has 0 heterocycles. The van der Waals surface area contributed by atoms with Gasteiger partial charge in [-0.2, -0.15) is 0 Å². The van der Waals surface area contributed by atoms with E-state index in [1.54, 1.807) is 0 Å². The topological polar surface area (TPSA) is 3.24 Å². The van der Waals surface area contributed by atoms with Crippen molar-refractivity contribution < 1.29 is 16.6 Å². The van der Waals surface area contributed by atoms with Crippen LogP contribution in [0.1, 0.15) is 26.7 Å². The summed E-state index contributed by atoms with van der Waals surface area (Å²) in [7, 11) is 1.84. The summed E-state index contributed by atoms with van der Waals surface area (Å²) in [6, 6.07) is 0. The molecule has 0 fully saturated rings. The minimum absolute atomic E-state index is 1.15. The van der Waals surface area contributed by atoms with Gasteiger partial charge in [-0.1, -0.05) is 0 Å². The number of nitrogens with zero attached hydrogens (tertiary/aromatic N) is 1. The number of thiol groups is 1. The van der Waals surface area contributed by atoms with Crippen LogP contribution in [0.15, 0.2) is 0 Å². The van der Waals surface area contributed by atoms with Crippen molar-refractivity contribution in [2.24, 2.45) is 0 Å². The van der Waals surface area contributed by atoms with Crippen molar-refractivity contribution in [2.45, 2.75) is 26.7 Å². The Labute approximate surface area is 86.8 Å². The molecule has 4 heteroatoms. The summed E-state index contributed by atoms with van der Waals surface area (Å²) in [5.74, 6) is 0. The van der Waals surface area contributed by atoms with E-state index in [9.17, 15) is 0 Å². The maximum absolute atomic E-state index is 4.43. The van der Waals surface area contributed by atoms with E-state index in [2.05, 4.69) is 31.4 Å². The summed E-state index contributed by atoms with van der Waals surface area (Å²) in [4.78, 5) is 2.36. The van der Waals surface area contributed by atoms with Crippen LogP contribution in [-0.2, 0) is 16.6 Å². The maximum atomic E-state index is 4.43. The van der Waals surface area contributed by atoms with E-state index in [4.69, 9.17) is 0 Å². The first-order valence-corrected chi connectivity index (χ1v) is 9.05. The van der Waals surface area contributed by atoms with E-state index in [0.29, 0.717) is 0 Å². The fourth-order valence-electron chi connectivity index (χ4n) is 0.934. The van der Waals surface area contributed by atoms with Gasteiger partial charge in [0.25, 0.3) is 0 Å². The van der Waals surface area contributed by atoms with Crippen molar-refractivity contribution in [3.05, 3.63) is 0 Å². The zero-order valence-electron chi connectivity index (χ0n) is 7.34.